The summed E-state index contributed by atoms with van der Waals surface area (Å²) in [6, 6.07) is 17.0. The molecule has 0 heterocycles. The van der Waals surface area contributed by atoms with Crippen molar-refractivity contribution in [2.45, 2.75) is 0 Å². The van der Waals surface area contributed by atoms with Gasteiger partial charge in [0.2, 0.25) is 0 Å². The Morgan fingerprint density at radius 3 is 1.75 bits per heavy atom. The molecule has 106 valence electrons. The second-order valence-corrected chi connectivity index (χ2v) is 5.36. The predicted molar refractivity (Wildman–Crippen MR) is 89.6 cm³/mol. The molecule has 20 heavy (non-hydrogen) atoms. The molecule has 2 rings (SSSR count). The molecule has 0 saturated heterocycles. The third-order valence-corrected chi connectivity index (χ3v) is 3.45. The fourth-order valence-electron chi connectivity index (χ4n) is 2.26. The SMILES string of the molecule is CN(C)c1ccc(N(C)c2ccccc2)cc1N(C)C. The highest BCUT2D eigenvalue weighted by Crippen LogP contribution is 2.33. The molecule has 0 fully saturated rings. The van der Waals surface area contributed by atoms with Gasteiger partial charge in [0.25, 0.3) is 0 Å². The van der Waals surface area contributed by atoms with Crippen molar-refractivity contribution >= 4 is 22.7 Å². The zero-order chi connectivity index (χ0) is 14.7. The van der Waals surface area contributed by atoms with Crippen molar-refractivity contribution in [3.05, 3.63) is 48.5 Å². The van der Waals surface area contributed by atoms with E-state index >= 15 is 0 Å². The number of rotatable bonds is 4. The van der Waals surface area contributed by atoms with Crippen LogP contribution in [0.25, 0.3) is 0 Å². The van der Waals surface area contributed by atoms with E-state index in [0.717, 1.165) is 0 Å². The third-order valence-electron chi connectivity index (χ3n) is 3.45. The molecule has 2 aromatic carbocycles. The normalized spacial score (nSPS) is 10.2. The van der Waals surface area contributed by atoms with Gasteiger partial charge in [-0.2, -0.15) is 0 Å². The van der Waals surface area contributed by atoms with Crippen LogP contribution in [-0.4, -0.2) is 35.2 Å². The lowest BCUT2D eigenvalue weighted by molar-refractivity contribution is 1.07. The highest BCUT2D eigenvalue weighted by molar-refractivity contribution is 5.77. The lowest BCUT2D eigenvalue weighted by Gasteiger charge is -2.26. The molecule has 0 unspecified atom stereocenters. The van der Waals surface area contributed by atoms with Crippen LogP contribution in [0.2, 0.25) is 0 Å². The van der Waals surface area contributed by atoms with E-state index in [9.17, 15) is 0 Å². The molecule has 3 nitrogen and oxygen atoms in total. The first-order valence-electron chi connectivity index (χ1n) is 6.78. The second-order valence-electron chi connectivity index (χ2n) is 5.36. The van der Waals surface area contributed by atoms with Crippen molar-refractivity contribution in [1.29, 1.82) is 0 Å². The first-order chi connectivity index (χ1) is 9.50. The molecule has 0 aliphatic rings. The van der Waals surface area contributed by atoms with Gasteiger partial charge < -0.3 is 14.7 Å². The van der Waals surface area contributed by atoms with Crippen LogP contribution in [0.5, 0.6) is 0 Å². The van der Waals surface area contributed by atoms with Gasteiger partial charge in [-0.1, -0.05) is 18.2 Å². The molecular weight excluding hydrogens is 246 g/mol. The van der Waals surface area contributed by atoms with Crippen molar-refractivity contribution < 1.29 is 0 Å². The van der Waals surface area contributed by atoms with Crippen LogP contribution >= 0.6 is 0 Å². The van der Waals surface area contributed by atoms with Crippen molar-refractivity contribution in [3.63, 3.8) is 0 Å². The standard InChI is InChI=1S/C17H23N3/c1-18(2)16-12-11-15(13-17(16)19(3)4)20(5)14-9-7-6-8-10-14/h6-13H,1-5H3. The molecule has 0 saturated carbocycles. The van der Waals surface area contributed by atoms with Crippen LogP contribution in [-0.2, 0) is 0 Å². The van der Waals surface area contributed by atoms with Gasteiger partial charge in [-0.25, -0.2) is 0 Å². The van der Waals surface area contributed by atoms with Crippen LogP contribution in [0, 0.1) is 0 Å². The predicted octanol–water partition coefficient (Wildman–Crippen LogP) is 3.59. The van der Waals surface area contributed by atoms with Crippen LogP contribution in [0.3, 0.4) is 0 Å². The van der Waals surface area contributed by atoms with E-state index in [2.05, 4.69) is 92.4 Å². The minimum Gasteiger partial charge on any atom is -0.376 e. The van der Waals surface area contributed by atoms with Crippen LogP contribution in [0.4, 0.5) is 22.7 Å². The number of hydrogen-bond acceptors (Lipinski definition) is 3. The maximum absolute atomic E-state index is 2.22. The Kier molecular flexibility index (Phi) is 4.18. The van der Waals surface area contributed by atoms with Crippen molar-refractivity contribution in [3.8, 4) is 0 Å². The lowest BCUT2D eigenvalue weighted by atomic mass is 10.2. The first kappa shape index (κ1) is 14.3. The van der Waals surface area contributed by atoms with Crippen LogP contribution in [0.15, 0.2) is 48.5 Å². The van der Waals surface area contributed by atoms with Crippen LogP contribution < -0.4 is 14.7 Å². The first-order valence-corrected chi connectivity index (χ1v) is 6.78. The Bertz CT molecular complexity index is 562. The van der Waals surface area contributed by atoms with Crippen molar-refractivity contribution in [2.75, 3.05) is 49.9 Å². The molecule has 0 N–H and O–H groups in total. The van der Waals surface area contributed by atoms with Crippen molar-refractivity contribution in [2.24, 2.45) is 0 Å². The molecule has 0 aliphatic carbocycles. The van der Waals surface area contributed by atoms with Gasteiger partial charge in [-0.15, -0.1) is 0 Å². The van der Waals surface area contributed by atoms with Gasteiger partial charge in [-0.05, 0) is 30.3 Å². The Morgan fingerprint density at radius 1 is 0.600 bits per heavy atom. The number of hydrogen-bond donors (Lipinski definition) is 0. The number of para-hydroxylation sites is 1. The maximum atomic E-state index is 2.22. The van der Waals surface area contributed by atoms with E-state index in [1.807, 2.05) is 6.07 Å². The topological polar surface area (TPSA) is 9.72 Å². The highest BCUT2D eigenvalue weighted by Gasteiger charge is 2.10. The maximum Gasteiger partial charge on any atom is 0.0619 e. The second kappa shape index (κ2) is 5.87. The highest BCUT2D eigenvalue weighted by atomic mass is 15.2. The van der Waals surface area contributed by atoms with Gasteiger partial charge in [0.1, 0.15) is 0 Å². The molecule has 0 bridgehead atoms. The summed E-state index contributed by atoms with van der Waals surface area (Å²) in [5, 5.41) is 0. The van der Waals surface area contributed by atoms with E-state index < -0.39 is 0 Å². The monoisotopic (exact) mass is 269 g/mol. The zero-order valence-electron chi connectivity index (χ0n) is 13.0. The van der Waals surface area contributed by atoms with Gasteiger partial charge >= 0.3 is 0 Å². The minimum atomic E-state index is 1.19. The molecule has 0 aliphatic heterocycles. The Balaban J connectivity index is 2.41. The molecular formula is C17H23N3. The molecule has 3 heteroatoms. The molecule has 2 aromatic rings. The van der Waals surface area contributed by atoms with E-state index in [-0.39, 0.29) is 0 Å². The number of nitrogens with zero attached hydrogens (tertiary/aromatic N) is 3. The summed E-state index contributed by atoms with van der Waals surface area (Å²) < 4.78 is 0. The zero-order valence-corrected chi connectivity index (χ0v) is 13.0. The fraction of sp³-hybridized carbons (Fsp3) is 0.294. The summed E-state index contributed by atoms with van der Waals surface area (Å²) in [6.45, 7) is 0. The summed E-state index contributed by atoms with van der Waals surface area (Å²) in [5.41, 5.74) is 4.82. The smallest absolute Gasteiger partial charge is 0.0619 e. The minimum absolute atomic E-state index is 1.19. The van der Waals surface area contributed by atoms with E-state index in [1.165, 1.54) is 22.7 Å². The van der Waals surface area contributed by atoms with E-state index in [0.29, 0.717) is 0 Å². The van der Waals surface area contributed by atoms with Gasteiger partial charge in [0.15, 0.2) is 0 Å². The van der Waals surface area contributed by atoms with Crippen LogP contribution in [0.1, 0.15) is 0 Å². The summed E-state index contributed by atoms with van der Waals surface area (Å²) in [7, 11) is 10.4. The average Bonchev–Trinajstić information content (AvgIpc) is 2.46. The third kappa shape index (κ3) is 2.87. The molecule has 0 amide bonds. The molecule has 0 atom stereocenters. The number of benzene rings is 2. The Morgan fingerprint density at radius 2 is 1.20 bits per heavy atom. The van der Waals surface area contributed by atoms with Gasteiger partial charge in [-0.3, -0.25) is 0 Å². The Hall–Kier alpha value is -2.16. The van der Waals surface area contributed by atoms with Gasteiger partial charge in [0.05, 0.1) is 11.4 Å². The summed E-state index contributed by atoms with van der Waals surface area (Å²) >= 11 is 0. The number of anilines is 4. The van der Waals surface area contributed by atoms with Gasteiger partial charge in [0, 0.05) is 46.6 Å². The fourth-order valence-corrected chi connectivity index (χ4v) is 2.26. The van der Waals surface area contributed by atoms with Crippen molar-refractivity contribution in [1.82, 2.24) is 0 Å². The molecule has 0 radical (unpaired) electrons. The Labute approximate surface area is 122 Å². The summed E-state index contributed by atoms with van der Waals surface area (Å²) in [6.07, 6.45) is 0. The summed E-state index contributed by atoms with van der Waals surface area (Å²) in [5.74, 6) is 0. The lowest BCUT2D eigenvalue weighted by Crippen LogP contribution is -2.18. The van der Waals surface area contributed by atoms with E-state index in [4.69, 9.17) is 0 Å². The quantitative estimate of drug-likeness (QED) is 0.840. The summed E-state index contributed by atoms with van der Waals surface area (Å²) in [4.78, 5) is 6.49. The average molecular weight is 269 g/mol. The largest absolute Gasteiger partial charge is 0.376 e. The van der Waals surface area contributed by atoms with E-state index in [1.54, 1.807) is 0 Å². The molecule has 0 aromatic heterocycles. The molecule has 0 spiro atoms.